The topological polar surface area (TPSA) is 20.2 Å². The molecule has 0 heterocycles. The van der Waals surface area contributed by atoms with Gasteiger partial charge in [0.25, 0.3) is 0 Å². The van der Waals surface area contributed by atoms with Crippen molar-refractivity contribution in [2.45, 2.75) is 60.5 Å². The van der Waals surface area contributed by atoms with E-state index >= 15 is 0 Å². The van der Waals surface area contributed by atoms with E-state index in [1.165, 1.54) is 0 Å². The van der Waals surface area contributed by atoms with Crippen molar-refractivity contribution in [1.82, 2.24) is 0 Å². The zero-order valence-electron chi connectivity index (χ0n) is 9.44. The van der Waals surface area contributed by atoms with Crippen molar-refractivity contribution in [2.75, 3.05) is 0 Å². The molecule has 12 heavy (non-hydrogen) atoms. The van der Waals surface area contributed by atoms with Crippen LogP contribution < -0.4 is 0 Å². The van der Waals surface area contributed by atoms with Gasteiger partial charge in [-0.1, -0.05) is 47.5 Å². The molecule has 1 atom stereocenters. The number of hydrogen-bond donors (Lipinski definition) is 1. The van der Waals surface area contributed by atoms with Crippen LogP contribution in [0.25, 0.3) is 0 Å². The average Bonchev–Trinajstić information content (AvgIpc) is 2.02. The standard InChI is InChI=1S/C11H24O/c1-7-11(6,8-2)10(4,5)9(3)12/h9,12H,7-8H2,1-6H3. The van der Waals surface area contributed by atoms with Crippen LogP contribution in [-0.4, -0.2) is 11.2 Å². The maximum atomic E-state index is 9.68. The van der Waals surface area contributed by atoms with Crippen molar-refractivity contribution in [3.63, 3.8) is 0 Å². The van der Waals surface area contributed by atoms with E-state index in [9.17, 15) is 5.11 Å². The highest BCUT2D eigenvalue weighted by Gasteiger charge is 2.41. The molecule has 0 saturated heterocycles. The molecule has 0 aliphatic carbocycles. The van der Waals surface area contributed by atoms with Gasteiger partial charge in [-0.15, -0.1) is 0 Å². The third-order valence-corrected chi connectivity index (χ3v) is 4.16. The highest BCUT2D eigenvalue weighted by atomic mass is 16.3. The molecule has 0 aromatic carbocycles. The maximum absolute atomic E-state index is 9.68. The molecule has 0 aromatic heterocycles. The molecule has 0 radical (unpaired) electrons. The Labute approximate surface area is 77.2 Å². The normalized spacial score (nSPS) is 16.2. The van der Waals surface area contributed by atoms with Gasteiger partial charge < -0.3 is 5.11 Å². The van der Waals surface area contributed by atoms with Gasteiger partial charge in [0.05, 0.1) is 6.10 Å². The Bertz CT molecular complexity index is 129. The zero-order chi connectivity index (χ0) is 9.99. The lowest BCUT2D eigenvalue weighted by molar-refractivity contribution is -0.0394. The second-order valence-electron chi connectivity index (χ2n) is 4.67. The van der Waals surface area contributed by atoms with E-state index < -0.39 is 0 Å². The van der Waals surface area contributed by atoms with E-state index in [-0.39, 0.29) is 16.9 Å². The van der Waals surface area contributed by atoms with Crippen LogP contribution in [0.15, 0.2) is 0 Å². The monoisotopic (exact) mass is 172 g/mol. The van der Waals surface area contributed by atoms with Crippen LogP contribution in [0.3, 0.4) is 0 Å². The summed E-state index contributed by atoms with van der Waals surface area (Å²) >= 11 is 0. The van der Waals surface area contributed by atoms with E-state index in [2.05, 4.69) is 34.6 Å². The molecular weight excluding hydrogens is 148 g/mol. The molecule has 0 fully saturated rings. The first-order valence-corrected chi connectivity index (χ1v) is 5.00. The second kappa shape index (κ2) is 3.78. The number of rotatable bonds is 4. The van der Waals surface area contributed by atoms with Gasteiger partial charge in [-0.2, -0.15) is 0 Å². The molecule has 0 spiro atoms. The summed E-state index contributed by atoms with van der Waals surface area (Å²) in [5, 5.41) is 9.68. The van der Waals surface area contributed by atoms with Crippen molar-refractivity contribution < 1.29 is 5.11 Å². The summed E-state index contributed by atoms with van der Waals surface area (Å²) < 4.78 is 0. The molecular formula is C11H24O. The fraction of sp³-hybridized carbons (Fsp3) is 1.00. The van der Waals surface area contributed by atoms with Crippen LogP contribution in [0.5, 0.6) is 0 Å². The summed E-state index contributed by atoms with van der Waals surface area (Å²) in [6.45, 7) is 12.9. The van der Waals surface area contributed by atoms with Gasteiger partial charge in [0.15, 0.2) is 0 Å². The molecule has 74 valence electrons. The molecule has 0 rings (SSSR count). The van der Waals surface area contributed by atoms with E-state index in [0.717, 1.165) is 12.8 Å². The van der Waals surface area contributed by atoms with Crippen molar-refractivity contribution in [3.8, 4) is 0 Å². The lowest BCUT2D eigenvalue weighted by atomic mass is 9.61. The van der Waals surface area contributed by atoms with Gasteiger partial charge in [0.2, 0.25) is 0 Å². The molecule has 1 heteroatoms. The van der Waals surface area contributed by atoms with Gasteiger partial charge in [0, 0.05) is 0 Å². The first-order valence-electron chi connectivity index (χ1n) is 5.00. The smallest absolute Gasteiger partial charge is 0.0568 e. The van der Waals surface area contributed by atoms with Crippen molar-refractivity contribution in [1.29, 1.82) is 0 Å². The van der Waals surface area contributed by atoms with Crippen LogP contribution in [0, 0.1) is 10.8 Å². The largest absolute Gasteiger partial charge is 0.393 e. The summed E-state index contributed by atoms with van der Waals surface area (Å²) in [5.41, 5.74) is 0.262. The first kappa shape index (κ1) is 12.0. The lowest BCUT2D eigenvalue weighted by Gasteiger charge is -2.45. The third kappa shape index (κ3) is 1.82. The summed E-state index contributed by atoms with van der Waals surface area (Å²) in [7, 11) is 0. The summed E-state index contributed by atoms with van der Waals surface area (Å²) in [5.74, 6) is 0. The predicted octanol–water partition coefficient (Wildman–Crippen LogP) is 3.22. The lowest BCUT2D eigenvalue weighted by Crippen LogP contribution is -2.42. The zero-order valence-corrected chi connectivity index (χ0v) is 9.44. The quantitative estimate of drug-likeness (QED) is 0.690. The average molecular weight is 172 g/mol. The third-order valence-electron chi connectivity index (χ3n) is 4.16. The Balaban J connectivity index is 4.70. The molecule has 0 aliphatic heterocycles. The van der Waals surface area contributed by atoms with E-state index in [0.29, 0.717) is 0 Å². The van der Waals surface area contributed by atoms with Gasteiger partial charge in [-0.3, -0.25) is 0 Å². The number of hydrogen-bond acceptors (Lipinski definition) is 1. The van der Waals surface area contributed by atoms with Crippen LogP contribution in [0.1, 0.15) is 54.4 Å². The highest BCUT2D eigenvalue weighted by Crippen LogP contribution is 2.46. The SMILES string of the molecule is CCC(C)(CC)C(C)(C)C(C)O. The molecule has 0 amide bonds. The Hall–Kier alpha value is -0.0400. The van der Waals surface area contributed by atoms with Crippen molar-refractivity contribution >= 4 is 0 Å². The molecule has 0 aromatic rings. The number of aliphatic hydroxyl groups excluding tert-OH is 1. The van der Waals surface area contributed by atoms with Gasteiger partial charge in [-0.25, -0.2) is 0 Å². The second-order valence-corrected chi connectivity index (χ2v) is 4.67. The van der Waals surface area contributed by atoms with Gasteiger partial charge >= 0.3 is 0 Å². The van der Waals surface area contributed by atoms with Crippen LogP contribution in [0.4, 0.5) is 0 Å². The van der Waals surface area contributed by atoms with E-state index in [4.69, 9.17) is 0 Å². The molecule has 0 aliphatic rings. The summed E-state index contributed by atoms with van der Waals surface area (Å²) in [6.07, 6.45) is 2.02. The maximum Gasteiger partial charge on any atom is 0.0568 e. The van der Waals surface area contributed by atoms with Crippen LogP contribution in [0.2, 0.25) is 0 Å². The minimum atomic E-state index is -0.234. The first-order chi connectivity index (χ1) is 5.31. The number of aliphatic hydroxyl groups is 1. The Morgan fingerprint density at radius 3 is 1.50 bits per heavy atom. The van der Waals surface area contributed by atoms with E-state index in [1.807, 2.05) is 6.92 Å². The van der Waals surface area contributed by atoms with Crippen LogP contribution in [-0.2, 0) is 0 Å². The van der Waals surface area contributed by atoms with Gasteiger partial charge in [0.1, 0.15) is 0 Å². The Kier molecular flexibility index (Phi) is 3.77. The molecule has 1 unspecified atom stereocenters. The summed E-state index contributed by atoms with van der Waals surface area (Å²) in [6, 6.07) is 0. The summed E-state index contributed by atoms with van der Waals surface area (Å²) in [4.78, 5) is 0. The minimum absolute atomic E-state index is 0.0104. The minimum Gasteiger partial charge on any atom is -0.393 e. The fourth-order valence-electron chi connectivity index (χ4n) is 1.67. The highest BCUT2D eigenvalue weighted by molar-refractivity contribution is 4.90. The van der Waals surface area contributed by atoms with Gasteiger partial charge in [-0.05, 0) is 17.8 Å². The molecule has 1 nitrogen and oxygen atoms in total. The van der Waals surface area contributed by atoms with Crippen molar-refractivity contribution in [2.24, 2.45) is 10.8 Å². The molecule has 0 bridgehead atoms. The Morgan fingerprint density at radius 2 is 1.42 bits per heavy atom. The molecule has 0 saturated carbocycles. The molecule has 1 N–H and O–H groups in total. The van der Waals surface area contributed by atoms with E-state index in [1.54, 1.807) is 0 Å². The van der Waals surface area contributed by atoms with Crippen LogP contribution >= 0.6 is 0 Å². The predicted molar refractivity (Wildman–Crippen MR) is 54.2 cm³/mol. The Morgan fingerprint density at radius 1 is 1.08 bits per heavy atom. The fourth-order valence-corrected chi connectivity index (χ4v) is 1.67. The van der Waals surface area contributed by atoms with Crippen molar-refractivity contribution in [3.05, 3.63) is 0 Å².